The number of aromatic nitrogens is 2. The first kappa shape index (κ1) is 12.2. The highest BCUT2D eigenvalue weighted by Crippen LogP contribution is 2.29. The van der Waals surface area contributed by atoms with Crippen molar-refractivity contribution in [1.29, 1.82) is 0 Å². The zero-order valence-electron chi connectivity index (χ0n) is 7.94. The van der Waals surface area contributed by atoms with E-state index in [-0.39, 0.29) is 29.9 Å². The van der Waals surface area contributed by atoms with Gasteiger partial charge in [0, 0.05) is 0 Å². The van der Waals surface area contributed by atoms with Crippen LogP contribution in [0.2, 0.25) is 0 Å². The van der Waals surface area contributed by atoms with Gasteiger partial charge in [0.1, 0.15) is 0 Å². The second-order valence-electron chi connectivity index (χ2n) is 3.82. The van der Waals surface area contributed by atoms with E-state index in [9.17, 15) is 0 Å². The molecular formula is C7H15ClN4O. The van der Waals surface area contributed by atoms with E-state index in [1.54, 1.807) is 0 Å². The third kappa shape index (κ3) is 2.86. The van der Waals surface area contributed by atoms with Gasteiger partial charge in [0.05, 0.1) is 6.04 Å². The van der Waals surface area contributed by atoms with E-state index in [0.29, 0.717) is 5.89 Å². The molecule has 0 aliphatic carbocycles. The molecule has 0 radical (unpaired) electrons. The van der Waals surface area contributed by atoms with Crippen molar-refractivity contribution in [2.75, 3.05) is 5.73 Å². The Kier molecular flexibility index (Phi) is 3.69. The van der Waals surface area contributed by atoms with Crippen molar-refractivity contribution in [3.05, 3.63) is 5.89 Å². The highest BCUT2D eigenvalue weighted by atomic mass is 35.5. The molecule has 0 bridgehead atoms. The Balaban J connectivity index is 0.00000144. The lowest BCUT2D eigenvalue weighted by atomic mass is 9.87. The van der Waals surface area contributed by atoms with Crippen LogP contribution in [0.25, 0.3) is 0 Å². The summed E-state index contributed by atoms with van der Waals surface area (Å²) >= 11 is 0. The van der Waals surface area contributed by atoms with E-state index in [1.807, 2.05) is 20.8 Å². The van der Waals surface area contributed by atoms with Gasteiger partial charge < -0.3 is 15.9 Å². The Morgan fingerprint density at radius 1 is 1.31 bits per heavy atom. The van der Waals surface area contributed by atoms with Crippen LogP contribution in [0.15, 0.2) is 4.42 Å². The summed E-state index contributed by atoms with van der Waals surface area (Å²) in [6.45, 7) is 5.99. The number of rotatable bonds is 1. The van der Waals surface area contributed by atoms with Crippen molar-refractivity contribution < 1.29 is 4.42 Å². The van der Waals surface area contributed by atoms with Gasteiger partial charge >= 0.3 is 6.01 Å². The van der Waals surface area contributed by atoms with Crippen LogP contribution in [0.4, 0.5) is 6.01 Å². The first-order chi connectivity index (χ1) is 5.41. The lowest BCUT2D eigenvalue weighted by molar-refractivity contribution is 0.279. The molecule has 1 atom stereocenters. The summed E-state index contributed by atoms with van der Waals surface area (Å²) in [5.74, 6) is 0.389. The summed E-state index contributed by atoms with van der Waals surface area (Å²) in [6, 6.07) is -0.216. The van der Waals surface area contributed by atoms with Crippen molar-refractivity contribution in [3.63, 3.8) is 0 Å². The molecule has 0 saturated heterocycles. The molecule has 1 aromatic rings. The smallest absolute Gasteiger partial charge is 0.312 e. The van der Waals surface area contributed by atoms with E-state index in [0.717, 1.165) is 0 Å². The van der Waals surface area contributed by atoms with Crippen LogP contribution >= 0.6 is 12.4 Å². The summed E-state index contributed by atoms with van der Waals surface area (Å²) in [7, 11) is 0. The Morgan fingerprint density at radius 2 is 1.85 bits per heavy atom. The maximum absolute atomic E-state index is 5.83. The van der Waals surface area contributed by atoms with Gasteiger partial charge in [-0.05, 0) is 5.41 Å². The van der Waals surface area contributed by atoms with Crippen LogP contribution in [-0.2, 0) is 0 Å². The van der Waals surface area contributed by atoms with Crippen LogP contribution in [-0.4, -0.2) is 10.2 Å². The minimum atomic E-state index is -0.276. The summed E-state index contributed by atoms with van der Waals surface area (Å²) in [6.07, 6.45) is 0. The fourth-order valence-electron chi connectivity index (χ4n) is 0.743. The lowest BCUT2D eigenvalue weighted by Crippen LogP contribution is -2.26. The molecule has 0 unspecified atom stereocenters. The van der Waals surface area contributed by atoms with Gasteiger partial charge in [-0.25, -0.2) is 0 Å². The minimum absolute atomic E-state index is 0. The second-order valence-corrected chi connectivity index (χ2v) is 3.82. The first-order valence-electron chi connectivity index (χ1n) is 3.75. The number of hydrogen-bond donors (Lipinski definition) is 2. The van der Waals surface area contributed by atoms with E-state index in [4.69, 9.17) is 15.9 Å². The molecule has 13 heavy (non-hydrogen) atoms. The molecule has 0 aromatic carbocycles. The summed E-state index contributed by atoms with van der Waals surface area (Å²) in [4.78, 5) is 0. The van der Waals surface area contributed by atoms with Gasteiger partial charge in [-0.3, -0.25) is 0 Å². The Hall–Kier alpha value is -0.810. The van der Waals surface area contributed by atoms with E-state index < -0.39 is 0 Å². The van der Waals surface area contributed by atoms with Crippen LogP contribution in [0.5, 0.6) is 0 Å². The molecule has 0 saturated carbocycles. The average Bonchev–Trinajstić information content (AvgIpc) is 2.32. The lowest BCUT2D eigenvalue weighted by Gasteiger charge is -2.23. The molecule has 1 heterocycles. The average molecular weight is 207 g/mol. The van der Waals surface area contributed by atoms with Gasteiger partial charge in [-0.1, -0.05) is 25.9 Å². The Bertz CT molecular complexity index is 268. The number of nitrogens with two attached hydrogens (primary N) is 2. The molecule has 1 rings (SSSR count). The molecule has 0 spiro atoms. The van der Waals surface area contributed by atoms with Crippen molar-refractivity contribution >= 4 is 18.4 Å². The fourth-order valence-corrected chi connectivity index (χ4v) is 0.743. The van der Waals surface area contributed by atoms with Gasteiger partial charge in [0.25, 0.3) is 0 Å². The summed E-state index contributed by atoms with van der Waals surface area (Å²) in [5, 5.41) is 7.25. The third-order valence-corrected chi connectivity index (χ3v) is 1.66. The predicted octanol–water partition coefficient (Wildman–Crippen LogP) is 1.12. The minimum Gasteiger partial charge on any atom is -0.407 e. The quantitative estimate of drug-likeness (QED) is 0.719. The molecule has 0 fully saturated rings. The predicted molar refractivity (Wildman–Crippen MR) is 52.3 cm³/mol. The molecule has 0 aliphatic rings. The van der Waals surface area contributed by atoms with Crippen LogP contribution in [0.3, 0.4) is 0 Å². The topological polar surface area (TPSA) is 91.0 Å². The standard InChI is InChI=1S/C7H14N4O.ClH/c1-7(2,3)4(8)5-10-11-6(9)12-5;/h4H,8H2,1-3H3,(H2,9,11);1H/t4-;/m1./s1. The highest BCUT2D eigenvalue weighted by Gasteiger charge is 2.26. The number of halogens is 1. The van der Waals surface area contributed by atoms with Crippen LogP contribution in [0, 0.1) is 5.41 Å². The van der Waals surface area contributed by atoms with E-state index in [1.165, 1.54) is 0 Å². The van der Waals surface area contributed by atoms with Crippen molar-refractivity contribution in [3.8, 4) is 0 Å². The number of hydrogen-bond acceptors (Lipinski definition) is 5. The second kappa shape index (κ2) is 3.93. The number of nitrogen functional groups attached to an aromatic ring is 1. The zero-order valence-corrected chi connectivity index (χ0v) is 8.76. The molecule has 1 aromatic heterocycles. The molecule has 0 amide bonds. The fraction of sp³-hybridized carbons (Fsp3) is 0.714. The van der Waals surface area contributed by atoms with E-state index >= 15 is 0 Å². The molecule has 76 valence electrons. The maximum atomic E-state index is 5.83. The first-order valence-corrected chi connectivity index (χ1v) is 3.75. The zero-order chi connectivity index (χ0) is 9.35. The Morgan fingerprint density at radius 3 is 2.15 bits per heavy atom. The molecule has 0 aliphatic heterocycles. The Labute approximate surface area is 83.3 Å². The molecular weight excluding hydrogens is 192 g/mol. The van der Waals surface area contributed by atoms with Gasteiger partial charge in [0.15, 0.2) is 0 Å². The van der Waals surface area contributed by atoms with Crippen molar-refractivity contribution in [1.82, 2.24) is 10.2 Å². The van der Waals surface area contributed by atoms with Crippen molar-refractivity contribution in [2.24, 2.45) is 11.1 Å². The summed E-state index contributed by atoms with van der Waals surface area (Å²) in [5.41, 5.74) is 11.0. The molecule has 6 heteroatoms. The third-order valence-electron chi connectivity index (χ3n) is 1.66. The summed E-state index contributed by atoms with van der Waals surface area (Å²) < 4.78 is 5.00. The van der Waals surface area contributed by atoms with E-state index in [2.05, 4.69) is 10.2 Å². The van der Waals surface area contributed by atoms with Crippen molar-refractivity contribution in [2.45, 2.75) is 26.8 Å². The normalized spacial score (nSPS) is 13.5. The SMILES string of the molecule is CC(C)(C)[C@H](N)c1nnc(N)o1.Cl. The number of anilines is 1. The van der Waals surface area contributed by atoms with Crippen LogP contribution < -0.4 is 11.5 Å². The maximum Gasteiger partial charge on any atom is 0.312 e. The monoisotopic (exact) mass is 206 g/mol. The van der Waals surface area contributed by atoms with Gasteiger partial charge in [-0.15, -0.1) is 17.5 Å². The highest BCUT2D eigenvalue weighted by molar-refractivity contribution is 5.85. The molecule has 4 N–H and O–H groups in total. The number of nitrogens with zero attached hydrogens (tertiary/aromatic N) is 2. The van der Waals surface area contributed by atoms with Gasteiger partial charge in [0.2, 0.25) is 5.89 Å². The molecule has 5 nitrogen and oxygen atoms in total. The van der Waals surface area contributed by atoms with Gasteiger partial charge in [-0.2, -0.15) is 0 Å². The largest absolute Gasteiger partial charge is 0.407 e. The van der Waals surface area contributed by atoms with Crippen LogP contribution in [0.1, 0.15) is 32.7 Å².